The van der Waals surface area contributed by atoms with Crippen LogP contribution in [0.3, 0.4) is 0 Å². The van der Waals surface area contributed by atoms with Gasteiger partial charge in [0.15, 0.2) is 0 Å². The van der Waals surface area contributed by atoms with E-state index in [-0.39, 0.29) is 11.3 Å². The number of ether oxygens (including phenoxy) is 1. The molecule has 0 aromatic heterocycles. The summed E-state index contributed by atoms with van der Waals surface area (Å²) in [5, 5.41) is 12.2. The van der Waals surface area contributed by atoms with Crippen molar-refractivity contribution in [3.8, 4) is 0 Å². The molecule has 0 spiro atoms. The predicted octanol–water partition coefficient (Wildman–Crippen LogP) is 0.600. The fraction of sp³-hybridized carbons (Fsp3) is 0.909. The Kier molecular flexibility index (Phi) is 5.58. The maximum Gasteiger partial charge on any atom is 0.220 e. The van der Waals surface area contributed by atoms with Crippen LogP contribution in [0.1, 0.15) is 25.7 Å². The van der Waals surface area contributed by atoms with Crippen molar-refractivity contribution in [3.63, 3.8) is 0 Å². The number of carbonyl (C=O) groups excluding carboxylic acids is 1. The fourth-order valence-corrected chi connectivity index (χ4v) is 2.05. The van der Waals surface area contributed by atoms with Crippen molar-refractivity contribution in [1.82, 2.24) is 5.32 Å². The van der Waals surface area contributed by atoms with Crippen molar-refractivity contribution >= 4 is 18.5 Å². The SMILES string of the molecule is COCC(O)CCNC(=O)CC1(CS)CC1. The first kappa shape index (κ1) is 13.8. The summed E-state index contributed by atoms with van der Waals surface area (Å²) in [5.74, 6) is 0.850. The molecule has 16 heavy (non-hydrogen) atoms. The number of hydrogen-bond acceptors (Lipinski definition) is 4. The first-order valence-corrected chi connectivity index (χ1v) is 6.30. The molecular formula is C11H21NO3S. The Balaban J connectivity index is 2.06. The summed E-state index contributed by atoms with van der Waals surface area (Å²) in [7, 11) is 1.55. The van der Waals surface area contributed by atoms with Crippen molar-refractivity contribution in [3.05, 3.63) is 0 Å². The van der Waals surface area contributed by atoms with E-state index in [9.17, 15) is 9.90 Å². The second-order valence-corrected chi connectivity index (χ2v) is 4.90. The molecular weight excluding hydrogens is 226 g/mol. The zero-order chi connectivity index (χ0) is 12.0. The molecule has 94 valence electrons. The summed E-state index contributed by atoms with van der Waals surface area (Å²) in [6.07, 6.45) is 2.82. The zero-order valence-electron chi connectivity index (χ0n) is 9.74. The van der Waals surface area contributed by atoms with E-state index >= 15 is 0 Å². The minimum atomic E-state index is -0.495. The number of hydrogen-bond donors (Lipinski definition) is 3. The highest BCUT2D eigenvalue weighted by molar-refractivity contribution is 7.80. The van der Waals surface area contributed by atoms with Crippen LogP contribution in [0.15, 0.2) is 0 Å². The number of amides is 1. The van der Waals surface area contributed by atoms with Crippen LogP contribution in [-0.2, 0) is 9.53 Å². The van der Waals surface area contributed by atoms with E-state index in [1.54, 1.807) is 7.11 Å². The molecule has 0 aliphatic heterocycles. The Hall–Kier alpha value is -0.260. The maximum atomic E-state index is 11.5. The predicted molar refractivity (Wildman–Crippen MR) is 65.6 cm³/mol. The van der Waals surface area contributed by atoms with Crippen molar-refractivity contribution in [2.75, 3.05) is 26.0 Å². The van der Waals surface area contributed by atoms with Crippen molar-refractivity contribution in [2.24, 2.45) is 5.41 Å². The molecule has 4 nitrogen and oxygen atoms in total. The molecule has 0 aromatic carbocycles. The number of nitrogens with one attached hydrogen (secondary N) is 1. The van der Waals surface area contributed by atoms with Crippen molar-refractivity contribution < 1.29 is 14.6 Å². The highest BCUT2D eigenvalue weighted by Gasteiger charge is 2.42. The van der Waals surface area contributed by atoms with E-state index in [0.717, 1.165) is 18.6 Å². The van der Waals surface area contributed by atoms with E-state index in [1.165, 1.54) is 0 Å². The van der Waals surface area contributed by atoms with Crippen LogP contribution in [0.5, 0.6) is 0 Å². The molecule has 0 radical (unpaired) electrons. The molecule has 1 amide bonds. The third-order valence-corrected chi connectivity index (χ3v) is 3.66. The van der Waals surface area contributed by atoms with Gasteiger partial charge in [0.2, 0.25) is 5.91 Å². The van der Waals surface area contributed by atoms with E-state index in [2.05, 4.69) is 17.9 Å². The number of aliphatic hydroxyl groups excluding tert-OH is 1. The lowest BCUT2D eigenvalue weighted by Gasteiger charge is -2.13. The number of methoxy groups -OCH3 is 1. The second-order valence-electron chi connectivity index (χ2n) is 4.58. The second kappa shape index (κ2) is 6.47. The molecule has 0 aromatic rings. The summed E-state index contributed by atoms with van der Waals surface area (Å²) in [4.78, 5) is 11.5. The van der Waals surface area contributed by atoms with Crippen LogP contribution >= 0.6 is 12.6 Å². The van der Waals surface area contributed by atoms with Crippen LogP contribution < -0.4 is 5.32 Å². The van der Waals surface area contributed by atoms with Gasteiger partial charge in [-0.05, 0) is 30.4 Å². The number of thiol groups is 1. The molecule has 1 atom stereocenters. The largest absolute Gasteiger partial charge is 0.391 e. The molecule has 0 heterocycles. The van der Waals surface area contributed by atoms with Gasteiger partial charge < -0.3 is 15.2 Å². The first-order chi connectivity index (χ1) is 7.62. The summed E-state index contributed by atoms with van der Waals surface area (Å²) in [5.41, 5.74) is 0.165. The molecule has 1 unspecified atom stereocenters. The Morgan fingerprint density at radius 1 is 1.62 bits per heavy atom. The van der Waals surface area contributed by atoms with E-state index in [1.807, 2.05) is 0 Å². The summed E-state index contributed by atoms with van der Waals surface area (Å²) in [6.45, 7) is 0.822. The molecule has 1 rings (SSSR count). The van der Waals surface area contributed by atoms with Crippen molar-refractivity contribution in [1.29, 1.82) is 0 Å². The Labute approximate surface area is 102 Å². The lowest BCUT2D eigenvalue weighted by Crippen LogP contribution is -2.30. The van der Waals surface area contributed by atoms with Crippen LogP contribution in [0, 0.1) is 5.41 Å². The van der Waals surface area contributed by atoms with Gasteiger partial charge in [-0.1, -0.05) is 0 Å². The monoisotopic (exact) mass is 247 g/mol. The first-order valence-electron chi connectivity index (χ1n) is 5.66. The van der Waals surface area contributed by atoms with E-state index in [4.69, 9.17) is 4.74 Å². The van der Waals surface area contributed by atoms with Gasteiger partial charge in [0.25, 0.3) is 0 Å². The van der Waals surface area contributed by atoms with Gasteiger partial charge in [-0.25, -0.2) is 0 Å². The topological polar surface area (TPSA) is 58.6 Å². The van der Waals surface area contributed by atoms with Gasteiger partial charge >= 0.3 is 0 Å². The fourth-order valence-electron chi connectivity index (χ4n) is 1.62. The van der Waals surface area contributed by atoms with Gasteiger partial charge in [-0.15, -0.1) is 0 Å². The highest BCUT2D eigenvalue weighted by Crippen LogP contribution is 2.49. The smallest absolute Gasteiger partial charge is 0.220 e. The quantitative estimate of drug-likeness (QED) is 0.551. The summed E-state index contributed by atoms with van der Waals surface area (Å²) >= 11 is 4.25. The van der Waals surface area contributed by atoms with Crippen LogP contribution in [-0.4, -0.2) is 43.1 Å². The maximum absolute atomic E-state index is 11.5. The number of carbonyl (C=O) groups is 1. The third-order valence-electron chi connectivity index (χ3n) is 2.99. The Morgan fingerprint density at radius 3 is 2.81 bits per heavy atom. The van der Waals surface area contributed by atoms with Gasteiger partial charge in [-0.2, -0.15) is 12.6 Å². The standard InChI is InChI=1S/C11H21NO3S/c1-15-7-9(13)2-5-12-10(14)6-11(8-16)3-4-11/h9,13,16H,2-8H2,1H3,(H,12,14). The molecule has 1 saturated carbocycles. The van der Waals surface area contributed by atoms with Gasteiger partial charge in [-0.3, -0.25) is 4.79 Å². The molecule has 1 fully saturated rings. The summed E-state index contributed by atoms with van der Waals surface area (Å²) < 4.78 is 4.80. The summed E-state index contributed by atoms with van der Waals surface area (Å²) in [6, 6.07) is 0. The van der Waals surface area contributed by atoms with Crippen molar-refractivity contribution in [2.45, 2.75) is 31.8 Å². The minimum absolute atomic E-state index is 0.0659. The minimum Gasteiger partial charge on any atom is -0.391 e. The number of rotatable bonds is 8. The highest BCUT2D eigenvalue weighted by atomic mass is 32.1. The van der Waals surface area contributed by atoms with E-state index < -0.39 is 6.10 Å². The molecule has 1 aliphatic rings. The molecule has 5 heteroatoms. The molecule has 0 bridgehead atoms. The normalized spacial score (nSPS) is 19.2. The average molecular weight is 247 g/mol. The third kappa shape index (κ3) is 4.72. The van der Waals surface area contributed by atoms with Gasteiger partial charge in [0.1, 0.15) is 0 Å². The molecule has 0 saturated heterocycles. The lowest BCUT2D eigenvalue weighted by molar-refractivity contribution is -0.122. The van der Waals surface area contributed by atoms with Gasteiger partial charge in [0, 0.05) is 20.1 Å². The lowest BCUT2D eigenvalue weighted by atomic mass is 10.1. The molecule has 2 N–H and O–H groups in total. The average Bonchev–Trinajstić information content (AvgIpc) is 2.99. The van der Waals surface area contributed by atoms with Crippen LogP contribution in [0.25, 0.3) is 0 Å². The van der Waals surface area contributed by atoms with Gasteiger partial charge in [0.05, 0.1) is 12.7 Å². The number of aliphatic hydroxyl groups is 1. The van der Waals surface area contributed by atoms with Crippen LogP contribution in [0.4, 0.5) is 0 Å². The zero-order valence-corrected chi connectivity index (χ0v) is 10.6. The Morgan fingerprint density at radius 2 is 2.31 bits per heavy atom. The molecule has 1 aliphatic carbocycles. The van der Waals surface area contributed by atoms with Crippen LogP contribution in [0.2, 0.25) is 0 Å². The Bertz CT molecular complexity index is 231. The van der Waals surface area contributed by atoms with E-state index in [0.29, 0.717) is 26.0 Å².